The number of rotatable bonds is 2. The first kappa shape index (κ1) is 9.38. The van der Waals surface area contributed by atoms with Crippen LogP contribution in [-0.2, 0) is 14.3 Å². The number of cyclic esters (lactones) is 1. The van der Waals surface area contributed by atoms with Crippen LogP contribution >= 0.6 is 0 Å². The number of alkyl halides is 2. The van der Waals surface area contributed by atoms with Gasteiger partial charge in [-0.05, 0) is 0 Å². The molecule has 0 bridgehead atoms. The molecule has 0 aromatic rings. The fourth-order valence-corrected chi connectivity index (χ4v) is 1.17. The molecule has 0 aliphatic carbocycles. The molecular formula is C7H10F2O3. The third kappa shape index (κ3) is 1.55. The van der Waals surface area contributed by atoms with Crippen molar-refractivity contribution < 1.29 is 23.0 Å². The summed E-state index contributed by atoms with van der Waals surface area (Å²) < 4.78 is 34.0. The molecule has 1 unspecified atom stereocenters. The summed E-state index contributed by atoms with van der Waals surface area (Å²) in [6.07, 6.45) is -2.94. The number of carbonyl (C=O) groups is 1. The highest BCUT2D eigenvalue weighted by Crippen LogP contribution is 2.31. The summed E-state index contributed by atoms with van der Waals surface area (Å²) >= 11 is 0. The Bertz CT molecular complexity index is 183. The predicted octanol–water partition coefficient (Wildman–Crippen LogP) is 0.974. The minimum atomic E-state index is -2.64. The molecule has 5 heteroatoms. The van der Waals surface area contributed by atoms with Crippen LogP contribution in [0, 0.1) is 0 Å². The van der Waals surface area contributed by atoms with E-state index in [1.807, 2.05) is 0 Å². The van der Waals surface area contributed by atoms with E-state index in [2.05, 4.69) is 9.47 Å². The Kier molecular flexibility index (Phi) is 2.62. The van der Waals surface area contributed by atoms with Gasteiger partial charge in [-0.25, -0.2) is 8.78 Å². The highest BCUT2D eigenvalue weighted by molar-refractivity contribution is 5.71. The summed E-state index contributed by atoms with van der Waals surface area (Å²) in [7, 11) is 1.19. The van der Waals surface area contributed by atoms with Gasteiger partial charge in [-0.1, -0.05) is 0 Å². The molecule has 0 spiro atoms. The molecule has 1 rings (SSSR count). The van der Waals surface area contributed by atoms with Crippen LogP contribution in [0.25, 0.3) is 0 Å². The zero-order chi connectivity index (χ0) is 9.19. The molecule has 70 valence electrons. The SMILES string of the molecule is COC1(C(F)F)CCOC(=O)C1. The van der Waals surface area contributed by atoms with Gasteiger partial charge in [0, 0.05) is 13.5 Å². The van der Waals surface area contributed by atoms with E-state index in [0.29, 0.717) is 0 Å². The highest BCUT2D eigenvalue weighted by atomic mass is 19.3. The van der Waals surface area contributed by atoms with E-state index in [1.165, 1.54) is 7.11 Å². The van der Waals surface area contributed by atoms with E-state index >= 15 is 0 Å². The quantitative estimate of drug-likeness (QED) is 0.594. The van der Waals surface area contributed by atoms with Crippen molar-refractivity contribution in [3.8, 4) is 0 Å². The van der Waals surface area contributed by atoms with E-state index in [9.17, 15) is 13.6 Å². The zero-order valence-corrected chi connectivity index (χ0v) is 6.68. The largest absolute Gasteiger partial charge is 0.465 e. The monoisotopic (exact) mass is 180 g/mol. The molecule has 1 atom stereocenters. The smallest absolute Gasteiger partial charge is 0.308 e. The number of halogens is 2. The number of esters is 1. The van der Waals surface area contributed by atoms with Crippen molar-refractivity contribution in [2.24, 2.45) is 0 Å². The molecule has 0 aromatic carbocycles. The normalized spacial score (nSPS) is 30.5. The molecule has 1 saturated heterocycles. The molecule has 1 aliphatic heterocycles. The second kappa shape index (κ2) is 3.35. The lowest BCUT2D eigenvalue weighted by atomic mass is 9.94. The summed E-state index contributed by atoms with van der Waals surface area (Å²) in [5.41, 5.74) is -1.62. The van der Waals surface area contributed by atoms with Gasteiger partial charge in [-0.2, -0.15) is 0 Å². The average Bonchev–Trinajstić information content (AvgIpc) is 2.04. The lowest BCUT2D eigenvalue weighted by Crippen LogP contribution is -2.46. The van der Waals surface area contributed by atoms with Gasteiger partial charge in [0.1, 0.15) is 5.60 Å². The number of methoxy groups -OCH3 is 1. The minimum absolute atomic E-state index is 0.0109. The fourth-order valence-electron chi connectivity index (χ4n) is 1.17. The van der Waals surface area contributed by atoms with E-state index in [0.717, 1.165) is 0 Å². The van der Waals surface area contributed by atoms with Crippen molar-refractivity contribution in [2.45, 2.75) is 24.9 Å². The van der Waals surface area contributed by atoms with E-state index in [-0.39, 0.29) is 19.4 Å². The van der Waals surface area contributed by atoms with Crippen LogP contribution in [-0.4, -0.2) is 31.7 Å². The molecular weight excluding hydrogens is 170 g/mol. The Hall–Kier alpha value is -0.710. The first-order valence-electron chi connectivity index (χ1n) is 3.60. The van der Waals surface area contributed by atoms with Gasteiger partial charge < -0.3 is 9.47 Å². The number of hydrogen-bond donors (Lipinski definition) is 0. The van der Waals surface area contributed by atoms with Crippen molar-refractivity contribution in [3.63, 3.8) is 0 Å². The van der Waals surface area contributed by atoms with Gasteiger partial charge in [-0.3, -0.25) is 4.79 Å². The maximum atomic E-state index is 12.4. The minimum Gasteiger partial charge on any atom is -0.465 e. The van der Waals surface area contributed by atoms with Crippen LogP contribution in [0.3, 0.4) is 0 Å². The molecule has 0 N–H and O–H groups in total. The van der Waals surface area contributed by atoms with Crippen LogP contribution < -0.4 is 0 Å². The first-order chi connectivity index (χ1) is 5.60. The topological polar surface area (TPSA) is 35.5 Å². The van der Waals surface area contributed by atoms with Crippen molar-refractivity contribution >= 4 is 5.97 Å². The van der Waals surface area contributed by atoms with E-state index < -0.39 is 18.0 Å². The molecule has 0 aromatic heterocycles. The van der Waals surface area contributed by atoms with Crippen molar-refractivity contribution in [2.75, 3.05) is 13.7 Å². The van der Waals surface area contributed by atoms with Gasteiger partial charge in [0.2, 0.25) is 0 Å². The molecule has 0 saturated carbocycles. The summed E-state index contributed by atoms with van der Waals surface area (Å²) in [4.78, 5) is 10.7. The van der Waals surface area contributed by atoms with Crippen LogP contribution in [0.4, 0.5) is 8.78 Å². The maximum absolute atomic E-state index is 12.4. The molecule has 12 heavy (non-hydrogen) atoms. The summed E-state index contributed by atoms with van der Waals surface area (Å²) in [6.45, 7) is 0.0109. The molecule has 0 radical (unpaired) electrons. The highest BCUT2D eigenvalue weighted by Gasteiger charge is 2.45. The van der Waals surface area contributed by atoms with Crippen molar-refractivity contribution in [1.82, 2.24) is 0 Å². The first-order valence-corrected chi connectivity index (χ1v) is 3.60. The van der Waals surface area contributed by atoms with Crippen molar-refractivity contribution in [3.05, 3.63) is 0 Å². The summed E-state index contributed by atoms with van der Waals surface area (Å²) in [6, 6.07) is 0. The van der Waals surface area contributed by atoms with Gasteiger partial charge in [0.25, 0.3) is 6.43 Å². The third-order valence-electron chi connectivity index (χ3n) is 2.04. The van der Waals surface area contributed by atoms with Gasteiger partial charge >= 0.3 is 5.97 Å². The number of hydrogen-bond acceptors (Lipinski definition) is 3. The Morgan fingerprint density at radius 3 is 2.67 bits per heavy atom. The zero-order valence-electron chi connectivity index (χ0n) is 6.68. The maximum Gasteiger partial charge on any atom is 0.308 e. The molecule has 1 aliphatic rings. The van der Waals surface area contributed by atoms with Gasteiger partial charge in [0.05, 0.1) is 13.0 Å². The lowest BCUT2D eigenvalue weighted by molar-refractivity contribution is -0.185. The van der Waals surface area contributed by atoms with E-state index in [4.69, 9.17) is 0 Å². The van der Waals surface area contributed by atoms with Gasteiger partial charge in [0.15, 0.2) is 0 Å². The standard InChI is InChI=1S/C7H10F2O3/c1-11-7(6(8)9)2-3-12-5(10)4-7/h6H,2-4H2,1H3. The molecule has 1 heterocycles. The molecule has 3 nitrogen and oxygen atoms in total. The van der Waals surface area contributed by atoms with Crippen LogP contribution in [0.2, 0.25) is 0 Å². The van der Waals surface area contributed by atoms with E-state index in [1.54, 1.807) is 0 Å². The fraction of sp³-hybridized carbons (Fsp3) is 0.857. The molecule has 1 fully saturated rings. The number of ether oxygens (including phenoxy) is 2. The molecule has 0 amide bonds. The average molecular weight is 180 g/mol. The van der Waals surface area contributed by atoms with Crippen molar-refractivity contribution in [1.29, 1.82) is 0 Å². The number of carbonyl (C=O) groups excluding carboxylic acids is 1. The predicted molar refractivity (Wildman–Crippen MR) is 35.9 cm³/mol. The Labute approximate surface area is 68.6 Å². The summed E-state index contributed by atoms with van der Waals surface area (Å²) in [5.74, 6) is -0.622. The third-order valence-corrected chi connectivity index (χ3v) is 2.04. The second-order valence-corrected chi connectivity index (χ2v) is 2.72. The summed E-state index contributed by atoms with van der Waals surface area (Å²) in [5, 5.41) is 0. The lowest BCUT2D eigenvalue weighted by Gasteiger charge is -2.33. The Morgan fingerprint density at radius 1 is 1.67 bits per heavy atom. The second-order valence-electron chi connectivity index (χ2n) is 2.72. The Morgan fingerprint density at radius 2 is 2.33 bits per heavy atom. The van der Waals surface area contributed by atoms with Crippen LogP contribution in [0.1, 0.15) is 12.8 Å². The van der Waals surface area contributed by atoms with Gasteiger partial charge in [-0.15, -0.1) is 0 Å². The van der Waals surface area contributed by atoms with Crippen LogP contribution in [0.5, 0.6) is 0 Å². The van der Waals surface area contributed by atoms with Crippen LogP contribution in [0.15, 0.2) is 0 Å². The Balaban J connectivity index is 2.71.